The first-order valence-electron chi connectivity index (χ1n) is 10.7. The number of hydrogen-bond acceptors (Lipinski definition) is 3. The highest BCUT2D eigenvalue weighted by Crippen LogP contribution is 2.32. The maximum absolute atomic E-state index is 13.3. The van der Waals surface area contributed by atoms with Crippen molar-refractivity contribution in [1.29, 1.82) is 0 Å². The highest BCUT2D eigenvalue weighted by Gasteiger charge is 2.29. The lowest BCUT2D eigenvalue weighted by Gasteiger charge is -2.32. The average molecular weight is 427 g/mol. The van der Waals surface area contributed by atoms with E-state index in [4.69, 9.17) is 4.98 Å². The van der Waals surface area contributed by atoms with Crippen LogP contribution in [-0.4, -0.2) is 35.4 Å². The smallest absolute Gasteiger partial charge is 0.277 e. The number of amides is 1. The lowest BCUT2D eigenvalue weighted by atomic mass is 9.96. The van der Waals surface area contributed by atoms with Gasteiger partial charge in [0, 0.05) is 30.5 Å². The van der Waals surface area contributed by atoms with E-state index in [1.807, 2.05) is 29.2 Å². The van der Waals surface area contributed by atoms with Crippen LogP contribution in [0.4, 0.5) is 4.39 Å². The van der Waals surface area contributed by atoms with Crippen molar-refractivity contribution in [1.82, 2.24) is 9.88 Å². The van der Waals surface area contributed by atoms with Gasteiger partial charge in [0.2, 0.25) is 0 Å². The maximum atomic E-state index is 13.3. The number of nitrogens with zero attached hydrogens (tertiary/aromatic N) is 2. The van der Waals surface area contributed by atoms with E-state index in [0.29, 0.717) is 18.4 Å². The molecule has 0 aliphatic carbocycles. The Hall–Kier alpha value is -2.31. The van der Waals surface area contributed by atoms with Gasteiger partial charge >= 0.3 is 0 Å². The monoisotopic (exact) mass is 426 g/mol. The predicted molar refractivity (Wildman–Crippen MR) is 119 cm³/mol. The molecule has 1 aliphatic heterocycles. The molecule has 0 bridgehead atoms. The molecular weight excluding hydrogens is 397 g/mol. The van der Waals surface area contributed by atoms with Crippen molar-refractivity contribution in [2.45, 2.75) is 38.6 Å². The molecule has 1 amide bonds. The molecule has 2 atom stereocenters. The first-order valence-corrected chi connectivity index (χ1v) is 11.5. The maximum Gasteiger partial charge on any atom is 0.277 e. The summed E-state index contributed by atoms with van der Waals surface area (Å²) in [4.78, 5) is 19.8. The first kappa shape index (κ1) is 20.9. The molecule has 30 heavy (non-hydrogen) atoms. The number of piperidine rings is 1. The number of quaternary nitrogens is 1. The molecule has 2 heterocycles. The number of nitrogens with two attached hydrogens (primary N) is 1. The Morgan fingerprint density at radius 1 is 1.23 bits per heavy atom. The molecule has 1 aliphatic rings. The molecule has 4 rings (SSSR count). The topological polar surface area (TPSA) is 49.8 Å². The number of hydrogen-bond donors (Lipinski definition) is 1. The molecule has 1 aromatic heterocycles. The van der Waals surface area contributed by atoms with Crippen LogP contribution in [0.15, 0.2) is 48.5 Å². The Labute approximate surface area is 181 Å². The van der Waals surface area contributed by atoms with Crippen LogP contribution in [0.2, 0.25) is 0 Å². The van der Waals surface area contributed by atoms with Gasteiger partial charge in [-0.25, -0.2) is 9.37 Å². The Balaban J connectivity index is 1.39. The molecule has 4 nitrogen and oxygen atoms in total. The lowest BCUT2D eigenvalue weighted by molar-refractivity contribution is -0.692. The molecule has 0 unspecified atom stereocenters. The van der Waals surface area contributed by atoms with Crippen molar-refractivity contribution in [3.63, 3.8) is 0 Å². The third kappa shape index (κ3) is 4.71. The highest BCUT2D eigenvalue weighted by atomic mass is 32.1. The van der Waals surface area contributed by atoms with Crippen LogP contribution in [0.1, 0.15) is 49.2 Å². The van der Waals surface area contributed by atoms with Gasteiger partial charge in [-0.3, -0.25) is 4.79 Å². The SMILES string of the molecule is CC(C)[C@H]([NH2+]CC(=O)N1CCC[C@@H](c2nc3ccccc3s2)C1)c1ccc(F)cc1. The summed E-state index contributed by atoms with van der Waals surface area (Å²) in [5.41, 5.74) is 2.11. The number of para-hydroxylation sites is 1. The van der Waals surface area contributed by atoms with E-state index in [1.165, 1.54) is 16.8 Å². The average Bonchev–Trinajstić information content (AvgIpc) is 3.19. The predicted octanol–water partition coefficient (Wildman–Crippen LogP) is 4.10. The summed E-state index contributed by atoms with van der Waals surface area (Å²) in [5.74, 6) is 0.610. The van der Waals surface area contributed by atoms with Gasteiger partial charge in [-0.05, 0) is 37.1 Å². The minimum atomic E-state index is -0.230. The van der Waals surface area contributed by atoms with Crippen LogP contribution < -0.4 is 5.32 Å². The third-order valence-electron chi connectivity index (χ3n) is 5.95. The molecular formula is C24H29FN3OS+. The van der Waals surface area contributed by atoms with Gasteiger partial charge in [-0.2, -0.15) is 0 Å². The molecule has 158 valence electrons. The van der Waals surface area contributed by atoms with Crippen LogP contribution >= 0.6 is 11.3 Å². The van der Waals surface area contributed by atoms with Crippen molar-refractivity contribution in [3.8, 4) is 0 Å². The van der Waals surface area contributed by atoms with Crippen LogP contribution in [0.25, 0.3) is 10.2 Å². The zero-order valence-electron chi connectivity index (χ0n) is 17.6. The van der Waals surface area contributed by atoms with E-state index >= 15 is 0 Å². The number of benzene rings is 2. The molecule has 3 aromatic rings. The lowest BCUT2D eigenvalue weighted by Crippen LogP contribution is -2.88. The van der Waals surface area contributed by atoms with Crippen LogP contribution in [0.3, 0.4) is 0 Å². The first-order chi connectivity index (χ1) is 14.5. The quantitative estimate of drug-likeness (QED) is 0.645. The zero-order valence-corrected chi connectivity index (χ0v) is 18.4. The van der Waals surface area contributed by atoms with E-state index in [1.54, 1.807) is 11.3 Å². The molecule has 0 spiro atoms. The standard InChI is InChI=1S/C24H28FN3OS/c1-16(2)23(17-9-11-19(25)12-10-17)26-14-22(29)28-13-5-6-18(15-28)24-27-20-7-3-4-8-21(20)30-24/h3-4,7-12,16,18,23,26H,5-6,13-15H2,1-2H3/p+1/t18-,23+/m1/s1. The van der Waals surface area contributed by atoms with Gasteiger partial charge in [0.15, 0.2) is 6.54 Å². The van der Waals surface area contributed by atoms with Crippen molar-refractivity contribution in [2.75, 3.05) is 19.6 Å². The number of rotatable bonds is 6. The van der Waals surface area contributed by atoms with Gasteiger partial charge in [0.05, 0.1) is 15.2 Å². The Kier molecular flexibility index (Phi) is 6.44. The number of thiazole rings is 1. The van der Waals surface area contributed by atoms with Crippen LogP contribution in [0.5, 0.6) is 0 Å². The van der Waals surface area contributed by atoms with Gasteiger partial charge in [-0.1, -0.05) is 38.1 Å². The molecule has 2 N–H and O–H groups in total. The van der Waals surface area contributed by atoms with Gasteiger partial charge in [-0.15, -0.1) is 11.3 Å². The summed E-state index contributed by atoms with van der Waals surface area (Å²) in [5, 5.41) is 3.24. The van der Waals surface area contributed by atoms with Crippen molar-refractivity contribution >= 4 is 27.5 Å². The molecule has 0 saturated carbocycles. The summed E-state index contributed by atoms with van der Waals surface area (Å²) in [7, 11) is 0. The van der Waals surface area contributed by atoms with Gasteiger partial charge in [0.1, 0.15) is 11.9 Å². The van der Waals surface area contributed by atoms with E-state index < -0.39 is 0 Å². The van der Waals surface area contributed by atoms with E-state index in [-0.39, 0.29) is 17.8 Å². The minimum absolute atomic E-state index is 0.138. The zero-order chi connectivity index (χ0) is 21.1. The normalized spacial score (nSPS) is 18.1. The second kappa shape index (κ2) is 9.23. The number of halogens is 1. The Bertz CT molecular complexity index is 968. The summed E-state index contributed by atoms with van der Waals surface area (Å²) >= 11 is 1.75. The summed E-state index contributed by atoms with van der Waals surface area (Å²) < 4.78 is 14.5. The van der Waals surface area contributed by atoms with Crippen molar-refractivity contribution in [2.24, 2.45) is 5.92 Å². The minimum Gasteiger partial charge on any atom is -0.337 e. The largest absolute Gasteiger partial charge is 0.337 e. The summed E-state index contributed by atoms with van der Waals surface area (Å²) in [6.45, 7) is 6.25. The van der Waals surface area contributed by atoms with Crippen LogP contribution in [0, 0.1) is 11.7 Å². The van der Waals surface area contributed by atoms with Crippen molar-refractivity contribution in [3.05, 3.63) is 64.9 Å². The van der Waals surface area contributed by atoms with E-state index in [0.717, 1.165) is 42.0 Å². The number of aromatic nitrogens is 1. The molecule has 0 radical (unpaired) electrons. The molecule has 1 fully saturated rings. The van der Waals surface area contributed by atoms with E-state index in [9.17, 15) is 9.18 Å². The second-order valence-corrected chi connectivity index (χ2v) is 9.52. The van der Waals surface area contributed by atoms with Crippen molar-refractivity contribution < 1.29 is 14.5 Å². The fraction of sp³-hybridized carbons (Fsp3) is 0.417. The summed E-state index contributed by atoms with van der Waals surface area (Å²) in [6, 6.07) is 15.0. The summed E-state index contributed by atoms with van der Waals surface area (Å²) in [6.07, 6.45) is 2.09. The van der Waals surface area contributed by atoms with Gasteiger partial charge < -0.3 is 10.2 Å². The molecule has 6 heteroatoms. The number of likely N-dealkylation sites (tertiary alicyclic amines) is 1. The van der Waals surface area contributed by atoms with E-state index in [2.05, 4.69) is 31.3 Å². The highest BCUT2D eigenvalue weighted by molar-refractivity contribution is 7.18. The molecule has 2 aromatic carbocycles. The second-order valence-electron chi connectivity index (χ2n) is 8.46. The number of carbonyl (C=O) groups is 1. The third-order valence-corrected chi connectivity index (χ3v) is 7.15. The van der Waals surface area contributed by atoms with Gasteiger partial charge in [0.25, 0.3) is 5.91 Å². The number of carbonyl (C=O) groups excluding carboxylic acids is 1. The van der Waals surface area contributed by atoms with Crippen LogP contribution in [-0.2, 0) is 4.79 Å². The number of fused-ring (bicyclic) bond motifs is 1. The fourth-order valence-corrected chi connectivity index (χ4v) is 5.40. The molecule has 1 saturated heterocycles. The Morgan fingerprint density at radius 2 is 2.00 bits per heavy atom. The fourth-order valence-electron chi connectivity index (χ4n) is 4.30. The Morgan fingerprint density at radius 3 is 2.73 bits per heavy atom.